The minimum absolute atomic E-state index is 0.350. The van der Waals surface area contributed by atoms with Crippen LogP contribution in [0.1, 0.15) is 18.7 Å². The zero-order valence-corrected chi connectivity index (χ0v) is 10.9. The van der Waals surface area contributed by atoms with E-state index in [4.69, 9.17) is 5.26 Å². The molecule has 0 amide bonds. The molecule has 1 heterocycles. The number of hydrogen-bond donors (Lipinski definition) is 0. The van der Waals surface area contributed by atoms with Crippen LogP contribution in [0.3, 0.4) is 0 Å². The molecule has 88 valence electrons. The monoisotopic (exact) mass is 258 g/mol. The average Bonchev–Trinajstić information content (AvgIpc) is 2.76. The lowest BCUT2D eigenvalue weighted by Gasteiger charge is -2.20. The highest BCUT2D eigenvalue weighted by atomic mass is 32.2. The predicted octanol–water partition coefficient (Wildman–Crippen LogP) is 1.81. The molecule has 0 aromatic carbocycles. The molecule has 4 nitrogen and oxygen atoms in total. The summed E-state index contributed by atoms with van der Waals surface area (Å²) in [5.41, 5.74) is 0. The van der Waals surface area contributed by atoms with Gasteiger partial charge in [-0.3, -0.25) is 0 Å². The quantitative estimate of drug-likeness (QED) is 0.809. The molecular formula is C10H14N2O2S2. The molecule has 1 aromatic heterocycles. The number of thiophene rings is 1. The molecule has 0 spiro atoms. The first kappa shape index (κ1) is 13.2. The number of hydrogen-bond acceptors (Lipinski definition) is 4. The molecule has 16 heavy (non-hydrogen) atoms. The molecule has 0 saturated carbocycles. The van der Waals surface area contributed by atoms with Crippen LogP contribution in [-0.2, 0) is 16.6 Å². The third-order valence-corrected chi connectivity index (χ3v) is 5.22. The van der Waals surface area contributed by atoms with Crippen LogP contribution < -0.4 is 0 Å². The lowest BCUT2D eigenvalue weighted by molar-refractivity contribution is 0.423. The van der Waals surface area contributed by atoms with Gasteiger partial charge in [-0.15, -0.1) is 11.3 Å². The van der Waals surface area contributed by atoms with Crippen molar-refractivity contribution >= 4 is 21.4 Å². The standard InChI is InChI=1S/C10H14N2O2S2/c1-3-12(8-10-5-4-6-15-10)16(13,14)9(2)7-11/h4-6,9H,3,8H2,1-2H3. The van der Waals surface area contributed by atoms with Crippen LogP contribution in [0.2, 0.25) is 0 Å². The summed E-state index contributed by atoms with van der Waals surface area (Å²) < 4.78 is 25.2. The SMILES string of the molecule is CCN(Cc1cccs1)S(=O)(=O)C(C)C#N. The van der Waals surface area contributed by atoms with Crippen molar-refractivity contribution in [2.24, 2.45) is 0 Å². The van der Waals surface area contributed by atoms with Gasteiger partial charge in [0.1, 0.15) is 0 Å². The van der Waals surface area contributed by atoms with E-state index in [9.17, 15) is 8.42 Å². The smallest absolute Gasteiger partial charge is 0.211 e. The Kier molecular flexibility index (Phi) is 4.47. The average molecular weight is 258 g/mol. The topological polar surface area (TPSA) is 61.2 Å². The molecule has 6 heteroatoms. The lowest BCUT2D eigenvalue weighted by Crippen LogP contribution is -2.36. The van der Waals surface area contributed by atoms with Gasteiger partial charge in [0.2, 0.25) is 10.0 Å². The van der Waals surface area contributed by atoms with Gasteiger partial charge in [0.05, 0.1) is 6.07 Å². The molecule has 0 radical (unpaired) electrons. The molecule has 0 aliphatic rings. The van der Waals surface area contributed by atoms with Gasteiger partial charge >= 0.3 is 0 Å². The van der Waals surface area contributed by atoms with Crippen molar-refractivity contribution < 1.29 is 8.42 Å². The van der Waals surface area contributed by atoms with Gasteiger partial charge in [0, 0.05) is 18.0 Å². The molecule has 1 unspecified atom stereocenters. The van der Waals surface area contributed by atoms with Gasteiger partial charge in [-0.05, 0) is 18.4 Å². The lowest BCUT2D eigenvalue weighted by atomic mass is 10.4. The molecule has 0 bridgehead atoms. The van der Waals surface area contributed by atoms with E-state index in [1.807, 2.05) is 17.5 Å². The summed E-state index contributed by atoms with van der Waals surface area (Å²) in [6.45, 7) is 3.91. The van der Waals surface area contributed by atoms with E-state index in [1.54, 1.807) is 13.0 Å². The van der Waals surface area contributed by atoms with Crippen molar-refractivity contribution in [3.63, 3.8) is 0 Å². The first-order chi connectivity index (χ1) is 7.52. The maximum absolute atomic E-state index is 11.9. The van der Waals surface area contributed by atoms with Crippen molar-refractivity contribution in [2.45, 2.75) is 25.6 Å². The Hall–Kier alpha value is -0.900. The second kappa shape index (κ2) is 5.43. The van der Waals surface area contributed by atoms with Crippen LogP contribution in [0.25, 0.3) is 0 Å². The fourth-order valence-corrected chi connectivity index (χ4v) is 3.31. The number of nitriles is 1. The Morgan fingerprint density at radius 2 is 2.31 bits per heavy atom. The molecule has 1 atom stereocenters. The normalized spacial score (nSPS) is 13.6. The number of rotatable bonds is 5. The first-order valence-corrected chi connectivity index (χ1v) is 7.31. The van der Waals surface area contributed by atoms with Crippen LogP contribution in [-0.4, -0.2) is 24.5 Å². The molecule has 0 N–H and O–H groups in total. The molecular weight excluding hydrogens is 244 g/mol. The summed E-state index contributed by atoms with van der Waals surface area (Å²) in [4.78, 5) is 0.982. The maximum Gasteiger partial charge on any atom is 0.230 e. The van der Waals surface area contributed by atoms with Crippen molar-refractivity contribution in [1.82, 2.24) is 4.31 Å². The number of nitrogens with zero attached hydrogens (tertiary/aromatic N) is 2. The van der Waals surface area contributed by atoms with Gasteiger partial charge in [0.25, 0.3) is 0 Å². The summed E-state index contributed by atoms with van der Waals surface area (Å²) in [7, 11) is -3.50. The maximum atomic E-state index is 11.9. The van der Waals surface area contributed by atoms with Crippen LogP contribution in [0, 0.1) is 11.3 Å². The Morgan fingerprint density at radius 1 is 1.62 bits per heavy atom. The fourth-order valence-electron chi connectivity index (χ4n) is 1.25. The second-order valence-corrected chi connectivity index (χ2v) is 6.61. The van der Waals surface area contributed by atoms with Crippen LogP contribution in [0.5, 0.6) is 0 Å². The minimum Gasteiger partial charge on any atom is -0.211 e. The van der Waals surface area contributed by atoms with Gasteiger partial charge in [-0.25, -0.2) is 8.42 Å². The van der Waals surface area contributed by atoms with Crippen molar-refractivity contribution in [2.75, 3.05) is 6.54 Å². The Balaban J connectivity index is 2.87. The van der Waals surface area contributed by atoms with E-state index in [1.165, 1.54) is 22.6 Å². The molecule has 1 aromatic rings. The zero-order chi connectivity index (χ0) is 12.2. The highest BCUT2D eigenvalue weighted by Crippen LogP contribution is 2.16. The Labute approximate surface area is 100 Å². The van der Waals surface area contributed by atoms with E-state index in [2.05, 4.69) is 0 Å². The van der Waals surface area contributed by atoms with Gasteiger partial charge in [0.15, 0.2) is 5.25 Å². The van der Waals surface area contributed by atoms with E-state index in [0.717, 1.165) is 4.88 Å². The molecule has 0 fully saturated rings. The van der Waals surface area contributed by atoms with E-state index >= 15 is 0 Å². The summed E-state index contributed by atoms with van der Waals surface area (Å²) in [6.07, 6.45) is 0. The van der Waals surface area contributed by atoms with Gasteiger partial charge in [-0.2, -0.15) is 9.57 Å². The highest BCUT2D eigenvalue weighted by Gasteiger charge is 2.27. The first-order valence-electron chi connectivity index (χ1n) is 4.93. The van der Waals surface area contributed by atoms with E-state index < -0.39 is 15.3 Å². The highest BCUT2D eigenvalue weighted by molar-refractivity contribution is 7.89. The second-order valence-electron chi connectivity index (χ2n) is 3.32. The van der Waals surface area contributed by atoms with E-state index in [0.29, 0.717) is 13.1 Å². The predicted molar refractivity (Wildman–Crippen MR) is 64.4 cm³/mol. The third-order valence-electron chi connectivity index (χ3n) is 2.25. The minimum atomic E-state index is -3.50. The van der Waals surface area contributed by atoms with Gasteiger partial charge in [-0.1, -0.05) is 13.0 Å². The van der Waals surface area contributed by atoms with E-state index in [-0.39, 0.29) is 0 Å². The number of sulfonamides is 1. The van der Waals surface area contributed by atoms with Crippen LogP contribution in [0.4, 0.5) is 0 Å². The van der Waals surface area contributed by atoms with Crippen molar-refractivity contribution in [3.8, 4) is 6.07 Å². The zero-order valence-electron chi connectivity index (χ0n) is 9.25. The van der Waals surface area contributed by atoms with Crippen molar-refractivity contribution in [1.29, 1.82) is 5.26 Å². The van der Waals surface area contributed by atoms with Crippen LogP contribution >= 0.6 is 11.3 Å². The van der Waals surface area contributed by atoms with Crippen LogP contribution in [0.15, 0.2) is 17.5 Å². The molecule has 1 rings (SSSR count). The summed E-state index contributed by atoms with van der Waals surface area (Å²) >= 11 is 1.51. The Bertz CT molecular complexity index is 460. The molecule has 0 aliphatic heterocycles. The van der Waals surface area contributed by atoms with Crippen molar-refractivity contribution in [3.05, 3.63) is 22.4 Å². The molecule has 0 aliphatic carbocycles. The third kappa shape index (κ3) is 2.82. The summed E-state index contributed by atoms with van der Waals surface area (Å²) in [5.74, 6) is 0. The largest absolute Gasteiger partial charge is 0.230 e. The summed E-state index contributed by atoms with van der Waals surface area (Å²) in [5, 5.41) is 9.60. The van der Waals surface area contributed by atoms with Gasteiger partial charge < -0.3 is 0 Å². The molecule has 0 saturated heterocycles. The fraction of sp³-hybridized carbons (Fsp3) is 0.500. The Morgan fingerprint density at radius 3 is 2.75 bits per heavy atom. The summed E-state index contributed by atoms with van der Waals surface area (Å²) in [6, 6.07) is 5.55.